The average molecular weight is 175 g/mol. The second kappa shape index (κ2) is 3.91. The predicted octanol–water partition coefficient (Wildman–Crippen LogP) is 2.99. The third-order valence-corrected chi connectivity index (χ3v) is 2.95. The van der Waals surface area contributed by atoms with E-state index in [0.717, 1.165) is 12.3 Å². The van der Waals surface area contributed by atoms with Crippen LogP contribution >= 0.6 is 0 Å². The van der Waals surface area contributed by atoms with Crippen molar-refractivity contribution in [2.75, 3.05) is 0 Å². The van der Waals surface area contributed by atoms with E-state index in [1.54, 1.807) is 0 Å². The molecule has 0 N–H and O–H groups in total. The maximum atomic E-state index is 4.61. The molecule has 0 amide bonds. The molecule has 1 aromatic rings. The minimum absolute atomic E-state index is 0.930. The number of hydrogen-bond donors (Lipinski definition) is 0. The Labute approximate surface area is 80.2 Å². The van der Waals surface area contributed by atoms with E-state index in [-0.39, 0.29) is 0 Å². The number of rotatable bonds is 3. The monoisotopic (exact) mass is 175 g/mol. The summed E-state index contributed by atoms with van der Waals surface area (Å²) in [6, 6.07) is 6.42. The normalized spacial score (nSPS) is 17.0. The Balaban J connectivity index is 2.01. The number of aryl methyl sites for hydroxylation is 1. The van der Waals surface area contributed by atoms with Crippen molar-refractivity contribution in [3.63, 3.8) is 0 Å². The van der Waals surface area contributed by atoms with Crippen LogP contribution in [0.4, 0.5) is 0 Å². The van der Waals surface area contributed by atoms with Crippen LogP contribution in [-0.2, 0) is 12.8 Å². The highest BCUT2D eigenvalue weighted by molar-refractivity contribution is 5.12. The average Bonchev–Trinajstić information content (AvgIpc) is 2.12. The molecule has 0 radical (unpaired) electrons. The van der Waals surface area contributed by atoms with E-state index in [4.69, 9.17) is 0 Å². The van der Waals surface area contributed by atoms with Crippen LogP contribution in [0.3, 0.4) is 0 Å². The fourth-order valence-corrected chi connectivity index (χ4v) is 1.83. The van der Waals surface area contributed by atoms with Crippen LogP contribution in [-0.4, -0.2) is 4.98 Å². The fraction of sp³-hybridized carbons (Fsp3) is 0.583. The highest BCUT2D eigenvalue weighted by atomic mass is 14.7. The van der Waals surface area contributed by atoms with Crippen molar-refractivity contribution >= 4 is 0 Å². The highest BCUT2D eigenvalue weighted by Crippen LogP contribution is 2.29. The fourth-order valence-electron chi connectivity index (χ4n) is 1.83. The van der Waals surface area contributed by atoms with Crippen LogP contribution in [0.15, 0.2) is 18.2 Å². The molecule has 1 heterocycles. The Kier molecular flexibility index (Phi) is 2.62. The number of nitrogens with zero attached hydrogens (tertiary/aromatic N) is 1. The zero-order valence-corrected chi connectivity index (χ0v) is 8.29. The third-order valence-electron chi connectivity index (χ3n) is 2.95. The largest absolute Gasteiger partial charge is 0.258 e. The van der Waals surface area contributed by atoms with Crippen molar-refractivity contribution in [2.45, 2.75) is 39.0 Å². The van der Waals surface area contributed by atoms with Gasteiger partial charge < -0.3 is 0 Å². The molecule has 1 fully saturated rings. The van der Waals surface area contributed by atoms with Gasteiger partial charge in [-0.3, -0.25) is 4.98 Å². The molecule has 0 saturated heterocycles. The molecule has 0 aromatic carbocycles. The minimum Gasteiger partial charge on any atom is -0.258 e. The lowest BCUT2D eigenvalue weighted by atomic mass is 9.82. The molecule has 0 aliphatic heterocycles. The first-order valence-electron chi connectivity index (χ1n) is 5.33. The molecule has 0 atom stereocenters. The lowest BCUT2D eigenvalue weighted by Crippen LogP contribution is -2.14. The summed E-state index contributed by atoms with van der Waals surface area (Å²) in [7, 11) is 0. The maximum absolute atomic E-state index is 4.61. The van der Waals surface area contributed by atoms with E-state index < -0.39 is 0 Å². The molecule has 1 saturated carbocycles. The summed E-state index contributed by atoms with van der Waals surface area (Å²) < 4.78 is 0. The van der Waals surface area contributed by atoms with E-state index in [1.165, 1.54) is 37.1 Å². The summed E-state index contributed by atoms with van der Waals surface area (Å²) in [4.78, 5) is 4.61. The quantitative estimate of drug-likeness (QED) is 0.688. The van der Waals surface area contributed by atoms with Gasteiger partial charge in [0.1, 0.15) is 0 Å². The van der Waals surface area contributed by atoms with Crippen molar-refractivity contribution in [1.82, 2.24) is 4.98 Å². The minimum atomic E-state index is 0.930. The summed E-state index contributed by atoms with van der Waals surface area (Å²) in [5.41, 5.74) is 2.53. The van der Waals surface area contributed by atoms with Gasteiger partial charge in [-0.25, -0.2) is 0 Å². The van der Waals surface area contributed by atoms with Gasteiger partial charge in [0.2, 0.25) is 0 Å². The molecular formula is C12H17N. The van der Waals surface area contributed by atoms with E-state index in [1.807, 2.05) is 0 Å². The van der Waals surface area contributed by atoms with Crippen LogP contribution in [0.1, 0.15) is 37.6 Å². The lowest BCUT2D eigenvalue weighted by Gasteiger charge is -2.24. The maximum Gasteiger partial charge on any atom is 0.0409 e. The van der Waals surface area contributed by atoms with Crippen molar-refractivity contribution < 1.29 is 0 Å². The van der Waals surface area contributed by atoms with Crippen molar-refractivity contribution in [3.05, 3.63) is 29.6 Å². The summed E-state index contributed by atoms with van der Waals surface area (Å²) in [5.74, 6) is 0.930. The molecule has 1 heteroatoms. The summed E-state index contributed by atoms with van der Waals surface area (Å²) in [6.07, 6.45) is 6.51. The van der Waals surface area contributed by atoms with Crippen molar-refractivity contribution in [3.8, 4) is 0 Å². The van der Waals surface area contributed by atoms with Crippen molar-refractivity contribution in [2.24, 2.45) is 5.92 Å². The SMILES string of the molecule is CCc1cccc(CC2CCC2)n1. The van der Waals surface area contributed by atoms with E-state index in [2.05, 4.69) is 30.1 Å². The van der Waals surface area contributed by atoms with Crippen molar-refractivity contribution in [1.29, 1.82) is 0 Å². The molecule has 70 valence electrons. The number of aromatic nitrogens is 1. The van der Waals surface area contributed by atoms with Crippen LogP contribution in [0.2, 0.25) is 0 Å². The zero-order valence-electron chi connectivity index (χ0n) is 8.29. The van der Waals surface area contributed by atoms with Gasteiger partial charge in [0.05, 0.1) is 0 Å². The topological polar surface area (TPSA) is 12.9 Å². The van der Waals surface area contributed by atoms with Crippen LogP contribution in [0.5, 0.6) is 0 Å². The summed E-state index contributed by atoms with van der Waals surface area (Å²) in [6.45, 7) is 2.16. The molecule has 1 aliphatic rings. The van der Waals surface area contributed by atoms with Gasteiger partial charge in [-0.1, -0.05) is 32.3 Å². The molecule has 0 spiro atoms. The molecule has 1 aromatic heterocycles. The highest BCUT2D eigenvalue weighted by Gasteiger charge is 2.17. The molecule has 2 rings (SSSR count). The Morgan fingerprint density at radius 1 is 1.31 bits per heavy atom. The molecule has 1 nitrogen and oxygen atoms in total. The van der Waals surface area contributed by atoms with Gasteiger partial charge in [-0.15, -0.1) is 0 Å². The lowest BCUT2D eigenvalue weighted by molar-refractivity contribution is 0.312. The van der Waals surface area contributed by atoms with E-state index >= 15 is 0 Å². The van der Waals surface area contributed by atoms with Gasteiger partial charge in [0, 0.05) is 11.4 Å². The van der Waals surface area contributed by atoms with E-state index in [0.29, 0.717) is 0 Å². The molecular weight excluding hydrogens is 158 g/mol. The van der Waals surface area contributed by atoms with Crippen LogP contribution in [0, 0.1) is 5.92 Å². The Morgan fingerprint density at radius 3 is 2.69 bits per heavy atom. The summed E-state index contributed by atoms with van der Waals surface area (Å²) >= 11 is 0. The predicted molar refractivity (Wildman–Crippen MR) is 54.7 cm³/mol. The standard InChI is InChI=1S/C12H17N/c1-2-11-7-4-8-12(13-11)9-10-5-3-6-10/h4,7-8,10H,2-3,5-6,9H2,1H3. The Morgan fingerprint density at radius 2 is 2.08 bits per heavy atom. The first-order valence-corrected chi connectivity index (χ1v) is 5.33. The van der Waals surface area contributed by atoms with E-state index in [9.17, 15) is 0 Å². The van der Waals surface area contributed by atoms with Gasteiger partial charge >= 0.3 is 0 Å². The van der Waals surface area contributed by atoms with Gasteiger partial charge in [-0.05, 0) is 30.9 Å². The van der Waals surface area contributed by atoms with Gasteiger partial charge in [-0.2, -0.15) is 0 Å². The third kappa shape index (κ3) is 2.09. The first kappa shape index (κ1) is 8.74. The van der Waals surface area contributed by atoms with Gasteiger partial charge in [0.25, 0.3) is 0 Å². The molecule has 13 heavy (non-hydrogen) atoms. The van der Waals surface area contributed by atoms with Crippen LogP contribution in [0.25, 0.3) is 0 Å². The smallest absolute Gasteiger partial charge is 0.0409 e. The number of hydrogen-bond acceptors (Lipinski definition) is 1. The molecule has 0 bridgehead atoms. The van der Waals surface area contributed by atoms with Gasteiger partial charge in [0.15, 0.2) is 0 Å². The second-order valence-corrected chi connectivity index (χ2v) is 3.97. The Bertz CT molecular complexity index is 276. The van der Waals surface area contributed by atoms with Crippen LogP contribution < -0.4 is 0 Å². The Hall–Kier alpha value is -0.850. The number of pyridine rings is 1. The second-order valence-electron chi connectivity index (χ2n) is 3.97. The zero-order chi connectivity index (χ0) is 9.10. The molecule has 0 unspecified atom stereocenters. The molecule has 1 aliphatic carbocycles. The summed E-state index contributed by atoms with van der Waals surface area (Å²) in [5, 5.41) is 0. The first-order chi connectivity index (χ1) is 6.38.